The van der Waals surface area contributed by atoms with E-state index in [1.807, 2.05) is 12.1 Å². The van der Waals surface area contributed by atoms with Gasteiger partial charge in [0.15, 0.2) is 0 Å². The molecular weight excluding hydrogens is 625 g/mol. The summed E-state index contributed by atoms with van der Waals surface area (Å²) in [5.74, 6) is 0.248. The monoisotopic (exact) mass is 682 g/mol. The summed E-state index contributed by atoms with van der Waals surface area (Å²) in [6, 6.07) is 14.6. The van der Waals surface area contributed by atoms with E-state index in [1.54, 1.807) is 6.07 Å². The zero-order chi connectivity index (χ0) is 36.2. The number of aromatic amines is 2. The Bertz CT molecular complexity index is 2030. The Hall–Kier alpha value is -4.38. The predicted octanol–water partition coefficient (Wildman–Crippen LogP) is 13.2. The van der Waals surface area contributed by atoms with Crippen molar-refractivity contribution in [1.29, 1.82) is 0 Å². The highest BCUT2D eigenvalue weighted by Gasteiger charge is 2.27. The van der Waals surface area contributed by atoms with Crippen LogP contribution in [-0.4, -0.2) is 25.0 Å². The second-order valence-corrected chi connectivity index (χ2v) is 14.8. The molecule has 0 saturated carbocycles. The van der Waals surface area contributed by atoms with E-state index in [1.165, 1.54) is 44.5 Å². The summed E-state index contributed by atoms with van der Waals surface area (Å²) in [5.41, 5.74) is 21.0. The average Bonchev–Trinajstić information content (AvgIpc) is 3.78. The maximum Gasteiger partial charge on any atom is 0.116 e. The summed E-state index contributed by atoms with van der Waals surface area (Å²) in [6.45, 7) is 18.1. The van der Waals surface area contributed by atoms with E-state index in [0.717, 1.165) is 133 Å². The molecule has 6 rings (SSSR count). The van der Waals surface area contributed by atoms with Crippen molar-refractivity contribution in [3.63, 3.8) is 0 Å². The lowest BCUT2D eigenvalue weighted by Gasteiger charge is -2.11. The SMILES string of the molecule is CCCCC1=C(C)c2nc1cc1[nH]c(cc3[nH]c(cc4nc(c2-c2cccc(O)c2)C(C)=C4CCCC)c(CCCC)c3C)c(C)c1CCCC. The quantitative estimate of drug-likeness (QED) is 0.131. The Labute approximate surface area is 305 Å². The molecule has 5 nitrogen and oxygen atoms in total. The van der Waals surface area contributed by atoms with E-state index in [0.29, 0.717) is 0 Å². The first-order chi connectivity index (χ1) is 24.7. The van der Waals surface area contributed by atoms with Crippen molar-refractivity contribution in [2.75, 3.05) is 0 Å². The second kappa shape index (κ2) is 15.9. The molecule has 1 aromatic carbocycles. The molecule has 51 heavy (non-hydrogen) atoms. The van der Waals surface area contributed by atoms with Gasteiger partial charge in [0.05, 0.1) is 22.8 Å². The molecular formula is C46H58N4O. The first-order valence-corrected chi connectivity index (χ1v) is 19.7. The van der Waals surface area contributed by atoms with E-state index in [4.69, 9.17) is 9.97 Å². The van der Waals surface area contributed by atoms with E-state index in [-0.39, 0.29) is 5.75 Å². The smallest absolute Gasteiger partial charge is 0.116 e. The molecule has 2 aliphatic rings. The molecule has 5 heteroatoms. The van der Waals surface area contributed by atoms with E-state index in [2.05, 4.69) is 89.6 Å². The number of allylic oxidation sites excluding steroid dienone is 4. The second-order valence-electron chi connectivity index (χ2n) is 14.8. The maximum absolute atomic E-state index is 10.8. The fraction of sp³-hybridized carbons (Fsp3) is 0.435. The Morgan fingerprint density at radius 1 is 0.549 bits per heavy atom. The number of benzene rings is 1. The van der Waals surface area contributed by atoms with Crippen LogP contribution in [0.25, 0.3) is 55.5 Å². The van der Waals surface area contributed by atoms with Crippen molar-refractivity contribution < 1.29 is 5.11 Å². The number of H-pyrrole nitrogens is 2. The van der Waals surface area contributed by atoms with Crippen LogP contribution in [0, 0.1) is 13.8 Å². The zero-order valence-corrected chi connectivity index (χ0v) is 32.4. The number of hydrogen-bond acceptors (Lipinski definition) is 3. The van der Waals surface area contributed by atoms with Gasteiger partial charge >= 0.3 is 0 Å². The zero-order valence-electron chi connectivity index (χ0n) is 32.4. The molecule has 8 bridgehead atoms. The normalized spacial score (nSPS) is 13.2. The average molecular weight is 683 g/mol. The third kappa shape index (κ3) is 7.22. The molecule has 0 saturated heterocycles. The Kier molecular flexibility index (Phi) is 11.3. The molecule has 0 fully saturated rings. The van der Waals surface area contributed by atoms with Gasteiger partial charge in [0.25, 0.3) is 0 Å². The fourth-order valence-electron chi connectivity index (χ4n) is 7.99. The van der Waals surface area contributed by atoms with Gasteiger partial charge in [-0.15, -0.1) is 0 Å². The largest absolute Gasteiger partial charge is 0.508 e. The minimum absolute atomic E-state index is 0.248. The number of rotatable bonds is 13. The lowest BCUT2D eigenvalue weighted by atomic mass is 9.92. The van der Waals surface area contributed by atoms with Crippen molar-refractivity contribution in [3.8, 4) is 16.9 Å². The lowest BCUT2D eigenvalue weighted by molar-refractivity contribution is 0.475. The molecule has 0 amide bonds. The Morgan fingerprint density at radius 3 is 1.43 bits per heavy atom. The van der Waals surface area contributed by atoms with Gasteiger partial charge in [0.2, 0.25) is 0 Å². The van der Waals surface area contributed by atoms with Gasteiger partial charge in [-0.3, -0.25) is 0 Å². The summed E-state index contributed by atoms with van der Waals surface area (Å²) in [6.07, 6.45) is 13.0. The van der Waals surface area contributed by atoms with Gasteiger partial charge < -0.3 is 15.1 Å². The van der Waals surface area contributed by atoms with E-state index in [9.17, 15) is 5.11 Å². The van der Waals surface area contributed by atoms with E-state index < -0.39 is 0 Å². The number of aromatic nitrogens is 4. The third-order valence-corrected chi connectivity index (χ3v) is 11.2. The number of fused-ring (bicyclic) bond motifs is 8. The Morgan fingerprint density at radius 2 is 1.00 bits per heavy atom. The van der Waals surface area contributed by atoms with Gasteiger partial charge in [-0.1, -0.05) is 65.5 Å². The molecule has 0 radical (unpaired) electrons. The number of nitrogens with zero attached hydrogens (tertiary/aromatic N) is 2. The number of hydrogen-bond donors (Lipinski definition) is 3. The molecule has 268 valence electrons. The van der Waals surface area contributed by atoms with Crippen LogP contribution in [0.2, 0.25) is 0 Å². The van der Waals surface area contributed by atoms with Crippen LogP contribution in [0.1, 0.15) is 151 Å². The maximum atomic E-state index is 10.8. The van der Waals surface area contributed by atoms with Crippen LogP contribution >= 0.6 is 0 Å². The summed E-state index contributed by atoms with van der Waals surface area (Å²) >= 11 is 0. The van der Waals surface area contributed by atoms with Crippen molar-refractivity contribution >= 4 is 44.4 Å². The highest BCUT2D eigenvalue weighted by atomic mass is 16.3. The van der Waals surface area contributed by atoms with Gasteiger partial charge in [0.1, 0.15) is 5.75 Å². The summed E-state index contributed by atoms with van der Waals surface area (Å²) in [4.78, 5) is 18.9. The van der Waals surface area contributed by atoms with Crippen LogP contribution in [0.3, 0.4) is 0 Å². The summed E-state index contributed by atoms with van der Waals surface area (Å²) < 4.78 is 0. The minimum Gasteiger partial charge on any atom is -0.508 e. The first kappa shape index (κ1) is 36.4. The van der Waals surface area contributed by atoms with Gasteiger partial charge in [0, 0.05) is 27.6 Å². The molecule has 0 spiro atoms. The molecule has 5 heterocycles. The van der Waals surface area contributed by atoms with Crippen molar-refractivity contribution in [2.45, 2.75) is 132 Å². The van der Waals surface area contributed by atoms with Crippen LogP contribution in [0.4, 0.5) is 0 Å². The third-order valence-electron chi connectivity index (χ3n) is 11.2. The van der Waals surface area contributed by atoms with Crippen LogP contribution in [0.5, 0.6) is 5.75 Å². The number of aromatic hydroxyl groups is 1. The van der Waals surface area contributed by atoms with Crippen molar-refractivity contribution in [1.82, 2.24) is 19.9 Å². The molecule has 4 aromatic rings. The first-order valence-electron chi connectivity index (χ1n) is 19.7. The predicted molar refractivity (Wildman–Crippen MR) is 219 cm³/mol. The molecule has 0 atom stereocenters. The summed E-state index contributed by atoms with van der Waals surface area (Å²) in [5, 5.41) is 10.8. The van der Waals surface area contributed by atoms with E-state index >= 15 is 0 Å². The topological polar surface area (TPSA) is 77.6 Å². The number of aryl methyl sites for hydroxylation is 4. The molecule has 0 aliphatic carbocycles. The highest BCUT2D eigenvalue weighted by molar-refractivity contribution is 6.02. The number of unbranched alkanes of at least 4 members (excludes halogenated alkanes) is 4. The van der Waals surface area contributed by atoms with Crippen LogP contribution in [0.15, 0.2) is 42.5 Å². The van der Waals surface area contributed by atoms with Crippen LogP contribution in [-0.2, 0) is 12.8 Å². The standard InChI is InChI=1S/C46H58N4O/c1-9-13-20-34-28(5)38-25-39-29(6)35(21-14-10-2)41(48-39)27-43-37(23-16-12-4)31(8)46(50-43)44(32-18-17-19-33(51)24-32)45-30(7)36(22-15-11-3)42(49-45)26-40(34)47-38/h17-19,24-27,47-48,51H,9-16,20-23H2,1-8H3. The number of phenolic OH excluding ortho intramolecular Hbond substituents is 1. The summed E-state index contributed by atoms with van der Waals surface area (Å²) in [7, 11) is 0. The Balaban J connectivity index is 1.84. The van der Waals surface area contributed by atoms with Crippen molar-refractivity contribution in [2.24, 2.45) is 0 Å². The lowest BCUT2D eigenvalue weighted by Crippen LogP contribution is -1.93. The van der Waals surface area contributed by atoms with Gasteiger partial charge in [-0.05, 0) is 160 Å². The highest BCUT2D eigenvalue weighted by Crippen LogP contribution is 2.44. The molecule has 0 unspecified atom stereocenters. The number of nitrogens with one attached hydrogen (secondary N) is 2. The fourth-order valence-corrected chi connectivity index (χ4v) is 7.99. The van der Waals surface area contributed by atoms with Crippen molar-refractivity contribution in [3.05, 3.63) is 87.5 Å². The molecule has 2 aliphatic heterocycles. The molecule has 3 N–H and O–H groups in total. The van der Waals surface area contributed by atoms with Crippen LogP contribution < -0.4 is 0 Å². The van der Waals surface area contributed by atoms with Gasteiger partial charge in [-0.2, -0.15) is 0 Å². The van der Waals surface area contributed by atoms with Gasteiger partial charge in [-0.25, -0.2) is 9.97 Å². The molecule has 3 aromatic heterocycles. The minimum atomic E-state index is 0.248. The number of phenols is 1.